The highest BCUT2D eigenvalue weighted by molar-refractivity contribution is 9.10. The minimum absolute atomic E-state index is 0.0410. The Labute approximate surface area is 137 Å². The largest absolute Gasteiger partial charge is 0.489 e. The van der Waals surface area contributed by atoms with Crippen molar-refractivity contribution < 1.29 is 9.53 Å². The van der Waals surface area contributed by atoms with Gasteiger partial charge < -0.3 is 9.64 Å². The normalized spacial score (nSPS) is 18.1. The summed E-state index contributed by atoms with van der Waals surface area (Å²) in [6.45, 7) is 3.86. The number of fused-ring (bicyclic) bond motifs is 1. The minimum Gasteiger partial charge on any atom is -0.489 e. The van der Waals surface area contributed by atoms with Crippen molar-refractivity contribution in [3.8, 4) is 5.75 Å². The first-order valence-electron chi connectivity index (χ1n) is 6.44. The van der Waals surface area contributed by atoms with E-state index >= 15 is 0 Å². The quantitative estimate of drug-likeness (QED) is 0.730. The Hall–Kier alpha value is -0.450. The lowest BCUT2D eigenvalue weighted by atomic mass is 9.95. The average molecular weight is 381 g/mol. The van der Waals surface area contributed by atoms with Crippen LogP contribution in [0.15, 0.2) is 16.6 Å². The van der Waals surface area contributed by atoms with Crippen molar-refractivity contribution in [3.05, 3.63) is 22.2 Å². The Kier molecular flexibility index (Phi) is 5.21. The van der Waals surface area contributed by atoms with Gasteiger partial charge in [0.2, 0.25) is 5.91 Å². The van der Waals surface area contributed by atoms with Crippen molar-refractivity contribution in [3.63, 3.8) is 0 Å². The molecule has 2 rings (SSSR count). The Bertz CT molecular complexity index is 522. The Balaban J connectivity index is 2.43. The topological polar surface area (TPSA) is 29.5 Å². The van der Waals surface area contributed by atoms with Crippen LogP contribution in [0.4, 0.5) is 5.69 Å². The fourth-order valence-electron chi connectivity index (χ4n) is 2.56. The molecule has 1 heterocycles. The zero-order chi connectivity index (χ0) is 14.9. The summed E-state index contributed by atoms with van der Waals surface area (Å²) in [7, 11) is 0. The van der Waals surface area contributed by atoms with Crippen LogP contribution < -0.4 is 9.64 Å². The molecule has 1 amide bonds. The molecule has 0 bridgehead atoms. The van der Waals surface area contributed by atoms with E-state index in [1.165, 1.54) is 0 Å². The number of anilines is 1. The highest BCUT2D eigenvalue weighted by Gasteiger charge is 2.29. The lowest BCUT2D eigenvalue weighted by molar-refractivity contribution is -0.117. The highest BCUT2D eigenvalue weighted by atomic mass is 79.9. The SMILES string of the molecule is CC(=O)N1c2ccc(Br)c(OCC(Cl)Cl)c2CCC1C. The number of benzene rings is 1. The molecule has 0 radical (unpaired) electrons. The van der Waals surface area contributed by atoms with Crippen molar-refractivity contribution in [1.29, 1.82) is 0 Å². The molecule has 1 aromatic rings. The van der Waals surface area contributed by atoms with Crippen molar-refractivity contribution in [2.75, 3.05) is 11.5 Å². The summed E-state index contributed by atoms with van der Waals surface area (Å²) in [5.41, 5.74) is 1.94. The van der Waals surface area contributed by atoms with Gasteiger partial charge in [0.15, 0.2) is 0 Å². The number of hydrogen-bond donors (Lipinski definition) is 0. The molecule has 0 aliphatic carbocycles. The van der Waals surface area contributed by atoms with E-state index in [-0.39, 0.29) is 18.6 Å². The number of alkyl halides is 2. The predicted octanol–water partition coefficient (Wildman–Crippen LogP) is 4.32. The zero-order valence-corrected chi connectivity index (χ0v) is 14.4. The molecular formula is C14H16BrCl2NO2. The van der Waals surface area contributed by atoms with Crippen LogP contribution in [0.2, 0.25) is 0 Å². The standard InChI is InChI=1S/C14H16BrCl2NO2/c1-8-3-4-10-12(18(8)9(2)19)6-5-11(15)14(10)20-7-13(16)17/h5-6,8,13H,3-4,7H2,1-2H3. The summed E-state index contributed by atoms with van der Waals surface area (Å²) >= 11 is 14.9. The van der Waals surface area contributed by atoms with Gasteiger partial charge in [-0.15, -0.1) is 23.2 Å². The molecule has 110 valence electrons. The molecule has 1 aromatic carbocycles. The van der Waals surface area contributed by atoms with Gasteiger partial charge >= 0.3 is 0 Å². The van der Waals surface area contributed by atoms with Gasteiger partial charge in [-0.05, 0) is 47.8 Å². The number of amides is 1. The van der Waals surface area contributed by atoms with Gasteiger partial charge in [0, 0.05) is 18.5 Å². The molecule has 0 saturated carbocycles. The first-order chi connectivity index (χ1) is 9.41. The molecule has 6 heteroatoms. The molecule has 0 saturated heterocycles. The number of carbonyl (C=O) groups is 1. The molecule has 1 aliphatic rings. The summed E-state index contributed by atoms with van der Waals surface area (Å²) in [4.78, 5) is 13.1. The first-order valence-corrected chi connectivity index (χ1v) is 8.10. The molecule has 0 spiro atoms. The second-order valence-electron chi connectivity index (χ2n) is 4.85. The lowest BCUT2D eigenvalue weighted by Gasteiger charge is -2.35. The predicted molar refractivity (Wildman–Crippen MR) is 86.1 cm³/mol. The molecule has 0 aromatic heterocycles. The van der Waals surface area contributed by atoms with Gasteiger partial charge in [0.25, 0.3) is 0 Å². The molecule has 1 unspecified atom stereocenters. The van der Waals surface area contributed by atoms with Crippen LogP contribution in [-0.2, 0) is 11.2 Å². The van der Waals surface area contributed by atoms with Crippen LogP contribution in [0.25, 0.3) is 0 Å². The van der Waals surface area contributed by atoms with E-state index in [4.69, 9.17) is 27.9 Å². The molecule has 1 atom stereocenters. The first kappa shape index (κ1) is 15.9. The number of carbonyl (C=O) groups excluding carboxylic acids is 1. The fourth-order valence-corrected chi connectivity index (χ4v) is 3.17. The summed E-state index contributed by atoms with van der Waals surface area (Å²) in [5, 5.41) is 0. The number of halogens is 3. The molecular weight excluding hydrogens is 365 g/mol. The maximum atomic E-state index is 11.9. The van der Waals surface area contributed by atoms with E-state index in [0.29, 0.717) is 0 Å². The van der Waals surface area contributed by atoms with E-state index in [0.717, 1.165) is 34.3 Å². The maximum Gasteiger partial charge on any atom is 0.224 e. The number of nitrogens with zero attached hydrogens (tertiary/aromatic N) is 1. The van der Waals surface area contributed by atoms with E-state index in [2.05, 4.69) is 22.9 Å². The van der Waals surface area contributed by atoms with Crippen LogP contribution >= 0.6 is 39.1 Å². The van der Waals surface area contributed by atoms with Gasteiger partial charge in [0.05, 0.1) is 10.2 Å². The van der Waals surface area contributed by atoms with Crippen LogP contribution in [-0.4, -0.2) is 23.4 Å². The summed E-state index contributed by atoms with van der Waals surface area (Å²) in [6.07, 6.45) is 1.77. The molecule has 1 aliphatic heterocycles. The molecule has 3 nitrogen and oxygen atoms in total. The van der Waals surface area contributed by atoms with Crippen LogP contribution in [0.5, 0.6) is 5.75 Å². The van der Waals surface area contributed by atoms with E-state index < -0.39 is 4.84 Å². The van der Waals surface area contributed by atoms with Gasteiger partial charge in [0.1, 0.15) is 17.2 Å². The fraction of sp³-hybridized carbons (Fsp3) is 0.500. The van der Waals surface area contributed by atoms with Crippen molar-refractivity contribution in [1.82, 2.24) is 0 Å². The van der Waals surface area contributed by atoms with Crippen LogP contribution in [0, 0.1) is 0 Å². The monoisotopic (exact) mass is 379 g/mol. The van der Waals surface area contributed by atoms with Gasteiger partial charge in [-0.25, -0.2) is 0 Å². The lowest BCUT2D eigenvalue weighted by Crippen LogP contribution is -2.40. The van der Waals surface area contributed by atoms with Crippen molar-refractivity contribution in [2.24, 2.45) is 0 Å². The summed E-state index contributed by atoms with van der Waals surface area (Å²) in [6, 6.07) is 4.03. The van der Waals surface area contributed by atoms with Crippen LogP contribution in [0.3, 0.4) is 0 Å². The van der Waals surface area contributed by atoms with Gasteiger partial charge in [-0.2, -0.15) is 0 Å². The number of ether oxygens (including phenoxy) is 1. The second-order valence-corrected chi connectivity index (χ2v) is 6.98. The molecule has 0 N–H and O–H groups in total. The number of rotatable bonds is 3. The van der Waals surface area contributed by atoms with Gasteiger partial charge in [-0.1, -0.05) is 0 Å². The van der Waals surface area contributed by atoms with E-state index in [1.54, 1.807) is 6.92 Å². The summed E-state index contributed by atoms with van der Waals surface area (Å²) < 4.78 is 6.56. The third-order valence-electron chi connectivity index (χ3n) is 3.39. The molecule has 20 heavy (non-hydrogen) atoms. The minimum atomic E-state index is -0.579. The zero-order valence-electron chi connectivity index (χ0n) is 11.3. The van der Waals surface area contributed by atoms with Gasteiger partial charge in [-0.3, -0.25) is 4.79 Å². The average Bonchev–Trinajstić information content (AvgIpc) is 2.36. The third kappa shape index (κ3) is 3.23. The third-order valence-corrected chi connectivity index (χ3v) is 4.27. The van der Waals surface area contributed by atoms with E-state index in [1.807, 2.05) is 17.0 Å². The number of hydrogen-bond acceptors (Lipinski definition) is 2. The van der Waals surface area contributed by atoms with Crippen LogP contribution in [0.1, 0.15) is 25.8 Å². The maximum absolute atomic E-state index is 11.9. The second kappa shape index (κ2) is 6.54. The Morgan fingerprint density at radius 2 is 2.25 bits per heavy atom. The molecule has 0 fully saturated rings. The van der Waals surface area contributed by atoms with Crippen molar-refractivity contribution in [2.45, 2.75) is 37.6 Å². The van der Waals surface area contributed by atoms with E-state index in [9.17, 15) is 4.79 Å². The highest BCUT2D eigenvalue weighted by Crippen LogP contribution is 2.41. The van der Waals surface area contributed by atoms with Crippen molar-refractivity contribution >= 4 is 50.7 Å². The Morgan fingerprint density at radius 3 is 2.85 bits per heavy atom. The summed E-state index contributed by atoms with van der Waals surface area (Å²) in [5.74, 6) is 0.770. The Morgan fingerprint density at radius 1 is 1.55 bits per heavy atom. The smallest absolute Gasteiger partial charge is 0.224 e.